The van der Waals surface area contributed by atoms with Crippen LogP contribution in [0.3, 0.4) is 0 Å². The van der Waals surface area contributed by atoms with Crippen LogP contribution < -0.4 is 15.8 Å². The first kappa shape index (κ1) is 24.1. The number of nitrogens with one attached hydrogen (secondary N) is 1. The van der Waals surface area contributed by atoms with Crippen LogP contribution in [0.4, 0.5) is 24.8 Å². The first-order chi connectivity index (χ1) is 17.1. The molecule has 0 spiro atoms. The van der Waals surface area contributed by atoms with E-state index in [0.29, 0.717) is 5.69 Å². The monoisotopic (exact) mass is 499 g/mol. The molecular formula is C22H16F3N7O4. The normalized spacial score (nSPS) is 11.2. The molecule has 0 aliphatic carbocycles. The Bertz CT molecular complexity index is 1470. The van der Waals surface area contributed by atoms with Gasteiger partial charge in [0.1, 0.15) is 5.56 Å². The second kappa shape index (κ2) is 9.32. The van der Waals surface area contributed by atoms with E-state index in [1.54, 1.807) is 12.1 Å². The van der Waals surface area contributed by atoms with E-state index < -0.39 is 23.7 Å². The summed E-state index contributed by atoms with van der Waals surface area (Å²) in [6.07, 6.45) is -1.11. The highest BCUT2D eigenvalue weighted by Crippen LogP contribution is 2.31. The summed E-state index contributed by atoms with van der Waals surface area (Å²) < 4.78 is 45.4. The highest BCUT2D eigenvalue weighted by atomic mass is 19.4. The standard InChI is InChI=1S/C22H16F3N7O4/c1-36-19-14(20(34)35)8-12(9-27-19)15-10-28-21(29-13-4-2-3-11(7-13)17(26)33)30-18(15)32-6-5-16(31-32)22(23,24)25/h2-10H,1H3,(H2,26,33)(H,34,35)(H,28,29,30). The van der Waals surface area contributed by atoms with Gasteiger partial charge in [-0.15, -0.1) is 0 Å². The second-order valence-corrected chi connectivity index (χ2v) is 7.23. The third kappa shape index (κ3) is 4.91. The number of amides is 1. The SMILES string of the molecule is COc1ncc(-c2cnc(Nc3cccc(C(N)=O)c3)nc2-n2ccc(C(F)(F)F)n2)cc1C(=O)O. The Hall–Kier alpha value is -5.01. The van der Waals surface area contributed by atoms with Crippen LogP contribution in [0.25, 0.3) is 16.9 Å². The van der Waals surface area contributed by atoms with Crippen LogP contribution in [0, 0.1) is 0 Å². The summed E-state index contributed by atoms with van der Waals surface area (Å²) in [4.78, 5) is 35.5. The first-order valence-corrected chi connectivity index (χ1v) is 10.0. The zero-order valence-electron chi connectivity index (χ0n) is 18.3. The number of carbonyl (C=O) groups is 2. The highest BCUT2D eigenvalue weighted by molar-refractivity contribution is 5.94. The zero-order chi connectivity index (χ0) is 26.0. The summed E-state index contributed by atoms with van der Waals surface area (Å²) in [5.41, 5.74) is 4.79. The summed E-state index contributed by atoms with van der Waals surface area (Å²) in [6, 6.07) is 8.12. The van der Waals surface area contributed by atoms with Gasteiger partial charge in [-0.2, -0.15) is 23.3 Å². The van der Waals surface area contributed by atoms with Gasteiger partial charge in [-0.1, -0.05) is 6.07 Å². The van der Waals surface area contributed by atoms with Crippen molar-refractivity contribution in [2.45, 2.75) is 6.18 Å². The summed E-state index contributed by atoms with van der Waals surface area (Å²) in [7, 11) is 1.25. The summed E-state index contributed by atoms with van der Waals surface area (Å²) in [5, 5.41) is 15.9. The quantitative estimate of drug-likeness (QED) is 0.347. The van der Waals surface area contributed by atoms with Gasteiger partial charge >= 0.3 is 12.1 Å². The summed E-state index contributed by atoms with van der Waals surface area (Å²) in [5.74, 6) is -2.28. The summed E-state index contributed by atoms with van der Waals surface area (Å²) in [6.45, 7) is 0. The van der Waals surface area contributed by atoms with Crippen molar-refractivity contribution in [3.63, 3.8) is 0 Å². The van der Waals surface area contributed by atoms with Gasteiger partial charge in [0, 0.05) is 41.0 Å². The maximum Gasteiger partial charge on any atom is 0.435 e. The summed E-state index contributed by atoms with van der Waals surface area (Å²) >= 11 is 0. The van der Waals surface area contributed by atoms with Crippen LogP contribution in [0.15, 0.2) is 55.0 Å². The fourth-order valence-electron chi connectivity index (χ4n) is 3.20. The van der Waals surface area contributed by atoms with Crippen molar-refractivity contribution in [1.82, 2.24) is 24.7 Å². The Balaban J connectivity index is 1.84. The van der Waals surface area contributed by atoms with Gasteiger partial charge in [-0.3, -0.25) is 4.79 Å². The molecule has 0 saturated heterocycles. The number of benzene rings is 1. The number of hydrogen-bond acceptors (Lipinski definition) is 8. The minimum Gasteiger partial charge on any atom is -0.480 e. The van der Waals surface area contributed by atoms with Gasteiger partial charge < -0.3 is 20.9 Å². The number of methoxy groups -OCH3 is 1. The molecule has 0 fully saturated rings. The van der Waals surface area contributed by atoms with E-state index >= 15 is 0 Å². The Morgan fingerprint density at radius 3 is 2.56 bits per heavy atom. The van der Waals surface area contributed by atoms with Crippen molar-refractivity contribution in [3.8, 4) is 22.8 Å². The van der Waals surface area contributed by atoms with E-state index in [-0.39, 0.29) is 39.9 Å². The number of rotatable bonds is 7. The number of primary amides is 1. The number of alkyl halides is 3. The molecule has 1 amide bonds. The first-order valence-electron chi connectivity index (χ1n) is 10.0. The maximum atomic E-state index is 13.2. The Morgan fingerprint density at radius 2 is 1.92 bits per heavy atom. The fourth-order valence-corrected chi connectivity index (χ4v) is 3.20. The van der Waals surface area contributed by atoms with Crippen LogP contribution in [0.1, 0.15) is 26.4 Å². The Labute approximate surface area is 200 Å². The number of halogens is 3. The lowest BCUT2D eigenvalue weighted by Crippen LogP contribution is -2.11. The van der Waals surface area contributed by atoms with Crippen molar-refractivity contribution < 1.29 is 32.6 Å². The molecule has 0 bridgehead atoms. The molecule has 4 aromatic rings. The zero-order valence-corrected chi connectivity index (χ0v) is 18.3. The van der Waals surface area contributed by atoms with E-state index in [0.717, 1.165) is 16.9 Å². The lowest BCUT2D eigenvalue weighted by atomic mass is 10.1. The molecule has 11 nitrogen and oxygen atoms in total. The molecule has 1 aromatic carbocycles. The molecule has 0 atom stereocenters. The number of aromatic nitrogens is 5. The molecule has 0 unspecified atom stereocenters. The van der Waals surface area contributed by atoms with Gasteiger partial charge in [0.25, 0.3) is 0 Å². The van der Waals surface area contributed by atoms with Gasteiger partial charge in [-0.05, 0) is 30.3 Å². The molecule has 0 saturated carbocycles. The van der Waals surface area contributed by atoms with E-state index in [9.17, 15) is 27.9 Å². The third-order valence-electron chi connectivity index (χ3n) is 4.85. The van der Waals surface area contributed by atoms with Gasteiger partial charge in [0.2, 0.25) is 17.7 Å². The Morgan fingerprint density at radius 1 is 1.14 bits per heavy atom. The number of aromatic carboxylic acids is 1. The number of carboxylic acid groups (broad SMARTS) is 1. The number of anilines is 2. The molecule has 4 rings (SSSR count). The van der Waals surface area contributed by atoms with Crippen molar-refractivity contribution in [1.29, 1.82) is 0 Å². The number of pyridine rings is 1. The molecule has 0 aliphatic heterocycles. The second-order valence-electron chi connectivity index (χ2n) is 7.23. The highest BCUT2D eigenvalue weighted by Gasteiger charge is 2.34. The van der Waals surface area contributed by atoms with Crippen LogP contribution in [0.5, 0.6) is 5.88 Å². The van der Waals surface area contributed by atoms with Crippen LogP contribution in [-0.2, 0) is 6.18 Å². The fraction of sp³-hybridized carbons (Fsp3) is 0.0909. The van der Waals surface area contributed by atoms with Crippen molar-refractivity contribution in [2.24, 2.45) is 5.73 Å². The average molecular weight is 499 g/mol. The third-order valence-corrected chi connectivity index (χ3v) is 4.85. The van der Waals surface area contributed by atoms with Gasteiger partial charge in [0.15, 0.2) is 11.5 Å². The maximum absolute atomic E-state index is 13.2. The largest absolute Gasteiger partial charge is 0.480 e. The van der Waals surface area contributed by atoms with Gasteiger partial charge in [0.05, 0.1) is 7.11 Å². The van der Waals surface area contributed by atoms with Crippen molar-refractivity contribution in [2.75, 3.05) is 12.4 Å². The molecule has 4 N–H and O–H groups in total. The number of nitrogens with two attached hydrogens (primary N) is 1. The van der Waals surface area contributed by atoms with Crippen LogP contribution >= 0.6 is 0 Å². The number of nitrogens with zero attached hydrogens (tertiary/aromatic N) is 5. The van der Waals surface area contributed by atoms with E-state index in [2.05, 4.69) is 25.4 Å². The smallest absolute Gasteiger partial charge is 0.435 e. The van der Waals surface area contributed by atoms with Crippen molar-refractivity contribution >= 4 is 23.5 Å². The molecule has 184 valence electrons. The molecule has 3 aromatic heterocycles. The number of carbonyl (C=O) groups excluding carboxylic acids is 1. The lowest BCUT2D eigenvalue weighted by molar-refractivity contribution is -0.141. The predicted octanol–water partition coefficient (Wildman–Crippen LogP) is 3.29. The van der Waals surface area contributed by atoms with E-state index in [1.165, 1.54) is 37.7 Å². The molecule has 3 heterocycles. The molecule has 14 heteroatoms. The molecule has 0 radical (unpaired) electrons. The minimum absolute atomic E-state index is 0.0423. The number of ether oxygens (including phenoxy) is 1. The molecule has 0 aliphatic rings. The molecular weight excluding hydrogens is 483 g/mol. The van der Waals surface area contributed by atoms with Crippen LogP contribution in [0.2, 0.25) is 0 Å². The van der Waals surface area contributed by atoms with Crippen molar-refractivity contribution in [3.05, 3.63) is 71.8 Å². The van der Waals surface area contributed by atoms with E-state index in [4.69, 9.17) is 10.5 Å². The molecule has 36 heavy (non-hydrogen) atoms. The number of hydrogen-bond donors (Lipinski definition) is 3. The van der Waals surface area contributed by atoms with E-state index in [1.807, 2.05) is 0 Å². The average Bonchev–Trinajstić information content (AvgIpc) is 3.35. The topological polar surface area (TPSA) is 158 Å². The predicted molar refractivity (Wildman–Crippen MR) is 119 cm³/mol. The van der Waals surface area contributed by atoms with Crippen LogP contribution in [-0.4, -0.2) is 48.8 Å². The minimum atomic E-state index is -4.70. The number of carboxylic acids is 1. The Kier molecular flexibility index (Phi) is 6.25. The lowest BCUT2D eigenvalue weighted by Gasteiger charge is -2.13. The van der Waals surface area contributed by atoms with Gasteiger partial charge in [-0.25, -0.2) is 19.4 Å².